The number of aryl methyl sites for hydroxylation is 2. The van der Waals surface area contributed by atoms with E-state index in [1.54, 1.807) is 6.07 Å². The number of aromatic carboxylic acids is 1. The molecule has 138 valence electrons. The Hall–Kier alpha value is -3.14. The fourth-order valence-corrected chi connectivity index (χ4v) is 3.11. The highest BCUT2D eigenvalue weighted by Gasteiger charge is 2.14. The topological polar surface area (TPSA) is 67.5 Å². The summed E-state index contributed by atoms with van der Waals surface area (Å²) in [5.74, 6) is -0.537. The quantitative estimate of drug-likeness (QED) is 0.675. The predicted molar refractivity (Wildman–Crippen MR) is 108 cm³/mol. The van der Waals surface area contributed by atoms with Gasteiger partial charge in [0.25, 0.3) is 0 Å². The molecule has 0 fully saturated rings. The SMILES string of the molecule is CCCc1c(/C=C/c2cc(C)ccc2C)oc2ccc(C(=O)O)cc2c1=O. The highest BCUT2D eigenvalue weighted by Crippen LogP contribution is 2.21. The van der Waals surface area contributed by atoms with Crippen molar-refractivity contribution in [2.24, 2.45) is 0 Å². The van der Waals surface area contributed by atoms with Gasteiger partial charge in [0.2, 0.25) is 0 Å². The van der Waals surface area contributed by atoms with Crippen molar-refractivity contribution in [2.45, 2.75) is 33.6 Å². The van der Waals surface area contributed by atoms with Gasteiger partial charge in [-0.25, -0.2) is 4.79 Å². The molecular weight excluding hydrogens is 340 g/mol. The lowest BCUT2D eigenvalue weighted by Gasteiger charge is -2.08. The summed E-state index contributed by atoms with van der Waals surface area (Å²) in [5, 5.41) is 9.48. The number of rotatable bonds is 5. The summed E-state index contributed by atoms with van der Waals surface area (Å²) in [6.45, 7) is 6.07. The van der Waals surface area contributed by atoms with Crippen LogP contribution in [0.5, 0.6) is 0 Å². The Balaban J connectivity index is 2.16. The molecule has 1 aromatic heterocycles. The zero-order chi connectivity index (χ0) is 19.6. The van der Waals surface area contributed by atoms with E-state index in [2.05, 4.69) is 18.2 Å². The molecule has 0 bridgehead atoms. The van der Waals surface area contributed by atoms with E-state index >= 15 is 0 Å². The zero-order valence-electron chi connectivity index (χ0n) is 15.7. The van der Waals surface area contributed by atoms with Gasteiger partial charge in [0.1, 0.15) is 11.3 Å². The molecule has 2 aromatic carbocycles. The van der Waals surface area contributed by atoms with E-state index in [4.69, 9.17) is 4.42 Å². The minimum Gasteiger partial charge on any atom is -0.478 e. The lowest BCUT2D eigenvalue weighted by atomic mass is 10.0. The number of carbonyl (C=O) groups is 1. The van der Waals surface area contributed by atoms with Gasteiger partial charge in [0.15, 0.2) is 5.43 Å². The molecule has 1 heterocycles. The van der Waals surface area contributed by atoms with Crippen LogP contribution >= 0.6 is 0 Å². The van der Waals surface area contributed by atoms with E-state index in [1.807, 2.05) is 32.9 Å². The molecule has 1 N–H and O–H groups in total. The molecule has 0 aliphatic heterocycles. The van der Waals surface area contributed by atoms with Crippen LogP contribution in [-0.2, 0) is 6.42 Å². The number of benzene rings is 2. The summed E-state index contributed by atoms with van der Waals surface area (Å²) < 4.78 is 5.97. The first-order valence-electron chi connectivity index (χ1n) is 8.99. The number of carboxylic acid groups (broad SMARTS) is 1. The van der Waals surface area contributed by atoms with E-state index in [9.17, 15) is 14.7 Å². The van der Waals surface area contributed by atoms with Gasteiger partial charge in [-0.3, -0.25) is 4.79 Å². The van der Waals surface area contributed by atoms with Crippen LogP contribution < -0.4 is 5.43 Å². The van der Waals surface area contributed by atoms with Crippen molar-refractivity contribution < 1.29 is 14.3 Å². The molecule has 0 saturated carbocycles. The third kappa shape index (κ3) is 3.85. The van der Waals surface area contributed by atoms with Crippen molar-refractivity contribution in [1.82, 2.24) is 0 Å². The standard InChI is InChI=1S/C23H22O4/c1-4-5-18-20(10-8-16-12-14(2)6-7-15(16)3)27-21-11-9-17(23(25)26)13-19(21)22(18)24/h6-13H,4-5H2,1-3H3,(H,25,26)/b10-8+. The first-order valence-corrected chi connectivity index (χ1v) is 8.99. The van der Waals surface area contributed by atoms with Gasteiger partial charge in [-0.2, -0.15) is 0 Å². The highest BCUT2D eigenvalue weighted by atomic mass is 16.4. The lowest BCUT2D eigenvalue weighted by molar-refractivity contribution is 0.0697. The molecule has 0 radical (unpaired) electrons. The maximum atomic E-state index is 13.0. The van der Waals surface area contributed by atoms with Crippen LogP contribution in [0, 0.1) is 13.8 Å². The summed E-state index contributed by atoms with van der Waals surface area (Å²) in [5.41, 5.74) is 4.26. The van der Waals surface area contributed by atoms with E-state index < -0.39 is 5.97 Å². The van der Waals surface area contributed by atoms with Crippen molar-refractivity contribution in [3.63, 3.8) is 0 Å². The van der Waals surface area contributed by atoms with Crippen molar-refractivity contribution >= 4 is 29.1 Å². The van der Waals surface area contributed by atoms with Crippen molar-refractivity contribution in [3.8, 4) is 0 Å². The minimum atomic E-state index is -1.06. The Morgan fingerprint density at radius 3 is 2.59 bits per heavy atom. The molecule has 27 heavy (non-hydrogen) atoms. The van der Waals surface area contributed by atoms with E-state index in [-0.39, 0.29) is 11.0 Å². The second-order valence-corrected chi connectivity index (χ2v) is 6.73. The van der Waals surface area contributed by atoms with Gasteiger partial charge >= 0.3 is 5.97 Å². The van der Waals surface area contributed by atoms with Gasteiger partial charge < -0.3 is 9.52 Å². The van der Waals surface area contributed by atoms with Crippen LogP contribution in [0.3, 0.4) is 0 Å². The van der Waals surface area contributed by atoms with E-state index in [0.717, 1.165) is 23.1 Å². The maximum absolute atomic E-state index is 13.0. The van der Waals surface area contributed by atoms with Gasteiger partial charge in [-0.15, -0.1) is 0 Å². The molecule has 4 nitrogen and oxygen atoms in total. The number of carboxylic acids is 1. The fourth-order valence-electron chi connectivity index (χ4n) is 3.11. The number of fused-ring (bicyclic) bond motifs is 1. The molecule has 0 aliphatic rings. The van der Waals surface area contributed by atoms with E-state index in [1.165, 1.54) is 12.1 Å². The summed E-state index contributed by atoms with van der Waals surface area (Å²) >= 11 is 0. The molecule has 0 aliphatic carbocycles. The van der Waals surface area contributed by atoms with Crippen molar-refractivity contribution in [1.29, 1.82) is 0 Å². The minimum absolute atomic E-state index is 0.0796. The third-order valence-electron chi connectivity index (χ3n) is 4.61. The smallest absolute Gasteiger partial charge is 0.335 e. The number of hydrogen-bond donors (Lipinski definition) is 1. The Morgan fingerprint density at radius 1 is 1.11 bits per heavy atom. The Kier molecular flexibility index (Phi) is 5.26. The molecule has 0 spiro atoms. The summed E-state index contributed by atoms with van der Waals surface area (Å²) in [4.78, 5) is 24.2. The fraction of sp³-hybridized carbons (Fsp3) is 0.217. The van der Waals surface area contributed by atoms with Crippen molar-refractivity contribution in [2.75, 3.05) is 0 Å². The molecule has 0 amide bonds. The molecule has 0 saturated heterocycles. The van der Waals surface area contributed by atoms with Gasteiger partial charge in [0, 0.05) is 5.56 Å². The van der Waals surface area contributed by atoms with E-state index in [0.29, 0.717) is 28.7 Å². The van der Waals surface area contributed by atoms with Gasteiger partial charge in [0.05, 0.1) is 10.9 Å². The summed E-state index contributed by atoms with van der Waals surface area (Å²) in [6.07, 6.45) is 5.15. The van der Waals surface area contributed by atoms with Crippen molar-refractivity contribution in [3.05, 3.63) is 80.2 Å². The molecule has 0 unspecified atom stereocenters. The average molecular weight is 362 g/mol. The Labute approximate surface area is 157 Å². The molecule has 0 atom stereocenters. The van der Waals surface area contributed by atoms with Crippen LogP contribution in [0.15, 0.2) is 45.6 Å². The Morgan fingerprint density at radius 2 is 1.89 bits per heavy atom. The first kappa shape index (κ1) is 18.6. The maximum Gasteiger partial charge on any atom is 0.335 e. The largest absolute Gasteiger partial charge is 0.478 e. The zero-order valence-corrected chi connectivity index (χ0v) is 15.7. The van der Waals surface area contributed by atoms with Crippen LogP contribution in [0.25, 0.3) is 23.1 Å². The molecular formula is C23H22O4. The monoisotopic (exact) mass is 362 g/mol. The van der Waals surface area contributed by atoms with Crippen LogP contribution in [0.4, 0.5) is 0 Å². The van der Waals surface area contributed by atoms with Gasteiger partial charge in [-0.05, 0) is 55.7 Å². The molecule has 4 heteroatoms. The first-order chi connectivity index (χ1) is 12.9. The highest BCUT2D eigenvalue weighted by molar-refractivity contribution is 5.93. The third-order valence-corrected chi connectivity index (χ3v) is 4.61. The lowest BCUT2D eigenvalue weighted by Crippen LogP contribution is -2.12. The second-order valence-electron chi connectivity index (χ2n) is 6.73. The predicted octanol–water partition coefficient (Wildman–Crippen LogP) is 5.23. The average Bonchev–Trinajstić information content (AvgIpc) is 2.64. The second kappa shape index (κ2) is 7.62. The summed E-state index contributed by atoms with van der Waals surface area (Å²) in [7, 11) is 0. The normalized spacial score (nSPS) is 11.4. The number of hydrogen-bond acceptors (Lipinski definition) is 3. The van der Waals surface area contributed by atoms with Crippen LogP contribution in [-0.4, -0.2) is 11.1 Å². The molecule has 3 rings (SSSR count). The Bertz CT molecular complexity index is 1100. The van der Waals surface area contributed by atoms with Crippen LogP contribution in [0.2, 0.25) is 0 Å². The van der Waals surface area contributed by atoms with Crippen LogP contribution in [0.1, 0.15) is 51.7 Å². The summed E-state index contributed by atoms with van der Waals surface area (Å²) in [6, 6.07) is 10.6. The molecule has 3 aromatic rings. The van der Waals surface area contributed by atoms with Gasteiger partial charge in [-0.1, -0.05) is 43.2 Å².